The van der Waals surface area contributed by atoms with Crippen molar-refractivity contribution in [2.24, 2.45) is 5.41 Å². The highest BCUT2D eigenvalue weighted by atomic mass is 16.2. The Hall–Kier alpha value is -2.35. The molecule has 0 saturated carbocycles. The van der Waals surface area contributed by atoms with Crippen LogP contribution in [0, 0.1) is 16.7 Å². The molecular formula is C15H19N3O2. The molecule has 5 nitrogen and oxygen atoms in total. The van der Waals surface area contributed by atoms with Crippen molar-refractivity contribution in [3.63, 3.8) is 0 Å². The van der Waals surface area contributed by atoms with Crippen LogP contribution >= 0.6 is 0 Å². The number of rotatable bonds is 4. The van der Waals surface area contributed by atoms with Gasteiger partial charge in [-0.05, 0) is 18.2 Å². The van der Waals surface area contributed by atoms with Crippen LogP contribution in [-0.4, -0.2) is 18.4 Å². The summed E-state index contributed by atoms with van der Waals surface area (Å²) in [5, 5.41) is 14.2. The largest absolute Gasteiger partial charge is 0.355 e. The van der Waals surface area contributed by atoms with Crippen LogP contribution in [0.4, 0.5) is 5.69 Å². The number of nitriles is 1. The Morgan fingerprint density at radius 1 is 1.30 bits per heavy atom. The predicted octanol–water partition coefficient (Wildman–Crippen LogP) is 2.05. The second kappa shape index (κ2) is 6.71. The van der Waals surface area contributed by atoms with Gasteiger partial charge in [0.2, 0.25) is 11.8 Å². The predicted molar refractivity (Wildman–Crippen MR) is 76.9 cm³/mol. The fraction of sp³-hybridized carbons (Fsp3) is 0.400. The molecule has 20 heavy (non-hydrogen) atoms. The number of benzene rings is 1. The molecule has 0 unspecified atom stereocenters. The molecule has 0 aliphatic carbocycles. The zero-order chi connectivity index (χ0) is 15.2. The monoisotopic (exact) mass is 273 g/mol. The minimum Gasteiger partial charge on any atom is -0.355 e. The molecule has 2 amide bonds. The summed E-state index contributed by atoms with van der Waals surface area (Å²) in [5.74, 6) is -0.286. The van der Waals surface area contributed by atoms with Crippen molar-refractivity contribution in [2.45, 2.75) is 27.2 Å². The van der Waals surface area contributed by atoms with Crippen molar-refractivity contribution in [3.05, 3.63) is 29.8 Å². The van der Waals surface area contributed by atoms with Gasteiger partial charge in [-0.2, -0.15) is 5.26 Å². The van der Waals surface area contributed by atoms with Gasteiger partial charge >= 0.3 is 0 Å². The SMILES string of the molecule is CC(C)(C)C(=O)NCCC(=O)Nc1cccc(C#N)c1. The zero-order valence-corrected chi connectivity index (χ0v) is 12.0. The molecule has 5 heteroatoms. The molecular weight excluding hydrogens is 254 g/mol. The number of nitrogens with one attached hydrogen (secondary N) is 2. The second-order valence-corrected chi connectivity index (χ2v) is 5.50. The van der Waals surface area contributed by atoms with Crippen LogP contribution in [0.5, 0.6) is 0 Å². The van der Waals surface area contributed by atoms with Gasteiger partial charge < -0.3 is 10.6 Å². The van der Waals surface area contributed by atoms with E-state index >= 15 is 0 Å². The number of hydrogen-bond acceptors (Lipinski definition) is 3. The molecule has 0 aliphatic heterocycles. The van der Waals surface area contributed by atoms with E-state index in [-0.39, 0.29) is 18.2 Å². The van der Waals surface area contributed by atoms with E-state index in [9.17, 15) is 9.59 Å². The number of hydrogen-bond donors (Lipinski definition) is 2. The average Bonchev–Trinajstić information content (AvgIpc) is 2.37. The number of anilines is 1. The first kappa shape index (κ1) is 15.7. The highest BCUT2D eigenvalue weighted by Gasteiger charge is 2.20. The lowest BCUT2D eigenvalue weighted by Gasteiger charge is -2.17. The van der Waals surface area contributed by atoms with Crippen LogP contribution in [-0.2, 0) is 9.59 Å². The highest BCUT2D eigenvalue weighted by Crippen LogP contribution is 2.12. The number of amides is 2. The molecule has 1 aromatic rings. The van der Waals surface area contributed by atoms with Gasteiger partial charge in [0.05, 0.1) is 11.6 Å². The summed E-state index contributed by atoms with van der Waals surface area (Å²) in [6, 6.07) is 8.69. The first-order chi connectivity index (χ1) is 9.32. The Morgan fingerprint density at radius 3 is 2.60 bits per heavy atom. The van der Waals surface area contributed by atoms with E-state index in [0.717, 1.165) is 0 Å². The lowest BCUT2D eigenvalue weighted by Crippen LogP contribution is -2.36. The summed E-state index contributed by atoms with van der Waals surface area (Å²) < 4.78 is 0. The fourth-order valence-electron chi connectivity index (χ4n) is 1.44. The topological polar surface area (TPSA) is 82.0 Å². The third-order valence-electron chi connectivity index (χ3n) is 2.59. The molecule has 0 fully saturated rings. The van der Waals surface area contributed by atoms with Gasteiger partial charge in [-0.1, -0.05) is 26.8 Å². The molecule has 0 heterocycles. The van der Waals surface area contributed by atoms with Crippen LogP contribution in [0.3, 0.4) is 0 Å². The van der Waals surface area contributed by atoms with Crippen molar-refractivity contribution in [1.29, 1.82) is 5.26 Å². The van der Waals surface area contributed by atoms with E-state index in [1.54, 1.807) is 24.3 Å². The van der Waals surface area contributed by atoms with Crippen LogP contribution in [0.15, 0.2) is 24.3 Å². The Balaban J connectivity index is 2.41. The van der Waals surface area contributed by atoms with Gasteiger partial charge in [-0.15, -0.1) is 0 Å². The Bertz CT molecular complexity index is 539. The molecule has 0 saturated heterocycles. The van der Waals surface area contributed by atoms with Gasteiger partial charge in [0, 0.05) is 24.1 Å². The molecule has 2 N–H and O–H groups in total. The van der Waals surface area contributed by atoms with E-state index in [0.29, 0.717) is 17.8 Å². The number of nitrogens with zero attached hydrogens (tertiary/aromatic N) is 1. The van der Waals surface area contributed by atoms with Gasteiger partial charge in [0.1, 0.15) is 0 Å². The van der Waals surface area contributed by atoms with Crippen molar-refractivity contribution < 1.29 is 9.59 Å². The smallest absolute Gasteiger partial charge is 0.226 e. The summed E-state index contributed by atoms with van der Waals surface area (Å²) in [6.45, 7) is 5.74. The van der Waals surface area contributed by atoms with Crippen LogP contribution in [0.1, 0.15) is 32.8 Å². The van der Waals surface area contributed by atoms with Gasteiger partial charge in [0.15, 0.2) is 0 Å². The van der Waals surface area contributed by atoms with Crippen molar-refractivity contribution in [3.8, 4) is 6.07 Å². The van der Waals surface area contributed by atoms with E-state index in [2.05, 4.69) is 10.6 Å². The average molecular weight is 273 g/mol. The lowest BCUT2D eigenvalue weighted by atomic mass is 9.96. The quantitative estimate of drug-likeness (QED) is 0.880. The maximum atomic E-state index is 11.7. The molecule has 0 aromatic heterocycles. The number of carbonyl (C=O) groups excluding carboxylic acids is 2. The third-order valence-corrected chi connectivity index (χ3v) is 2.59. The first-order valence-corrected chi connectivity index (χ1v) is 6.41. The van der Waals surface area contributed by atoms with Gasteiger partial charge in [-0.25, -0.2) is 0 Å². The Kier molecular flexibility index (Phi) is 5.27. The minimum absolute atomic E-state index is 0.0863. The summed E-state index contributed by atoms with van der Waals surface area (Å²) in [7, 11) is 0. The molecule has 1 rings (SSSR count). The normalized spacial score (nSPS) is 10.5. The molecule has 0 bridgehead atoms. The van der Waals surface area contributed by atoms with Gasteiger partial charge in [0.25, 0.3) is 0 Å². The van der Waals surface area contributed by atoms with Crippen molar-refractivity contribution >= 4 is 17.5 Å². The highest BCUT2D eigenvalue weighted by molar-refractivity contribution is 5.91. The van der Waals surface area contributed by atoms with Crippen LogP contribution in [0.2, 0.25) is 0 Å². The fourth-order valence-corrected chi connectivity index (χ4v) is 1.44. The van der Waals surface area contributed by atoms with E-state index in [4.69, 9.17) is 5.26 Å². The maximum Gasteiger partial charge on any atom is 0.226 e. The molecule has 0 spiro atoms. The maximum absolute atomic E-state index is 11.7. The van der Waals surface area contributed by atoms with Crippen molar-refractivity contribution in [1.82, 2.24) is 5.32 Å². The minimum atomic E-state index is -0.461. The molecule has 0 aliphatic rings. The third kappa shape index (κ3) is 5.11. The lowest BCUT2D eigenvalue weighted by molar-refractivity contribution is -0.128. The molecule has 0 radical (unpaired) electrons. The summed E-state index contributed by atoms with van der Waals surface area (Å²) in [4.78, 5) is 23.3. The zero-order valence-electron chi connectivity index (χ0n) is 12.0. The van der Waals surface area contributed by atoms with Crippen LogP contribution < -0.4 is 10.6 Å². The first-order valence-electron chi connectivity index (χ1n) is 6.41. The van der Waals surface area contributed by atoms with E-state index in [1.807, 2.05) is 26.8 Å². The van der Waals surface area contributed by atoms with E-state index in [1.165, 1.54) is 0 Å². The summed E-state index contributed by atoms with van der Waals surface area (Å²) in [5.41, 5.74) is 0.609. The standard InChI is InChI=1S/C15H19N3O2/c1-15(2,3)14(20)17-8-7-13(19)18-12-6-4-5-11(9-12)10-16/h4-6,9H,7-8H2,1-3H3,(H,17,20)(H,18,19). The number of carbonyl (C=O) groups is 2. The van der Waals surface area contributed by atoms with Crippen molar-refractivity contribution in [2.75, 3.05) is 11.9 Å². The molecule has 0 atom stereocenters. The Labute approximate surface area is 119 Å². The molecule has 1 aromatic carbocycles. The van der Waals surface area contributed by atoms with E-state index < -0.39 is 5.41 Å². The molecule has 106 valence electrons. The summed E-state index contributed by atoms with van der Waals surface area (Å²) >= 11 is 0. The second-order valence-electron chi connectivity index (χ2n) is 5.50. The van der Waals surface area contributed by atoms with Crippen LogP contribution in [0.25, 0.3) is 0 Å². The Morgan fingerprint density at radius 2 is 2.00 bits per heavy atom. The van der Waals surface area contributed by atoms with Gasteiger partial charge in [-0.3, -0.25) is 9.59 Å². The summed E-state index contributed by atoms with van der Waals surface area (Å²) in [6.07, 6.45) is 0.193.